The van der Waals surface area contributed by atoms with Gasteiger partial charge in [-0.25, -0.2) is 0 Å². The average molecular weight is 610 g/mol. The fraction of sp³-hybridized carbons (Fsp3) is 0. The van der Waals surface area contributed by atoms with Crippen LogP contribution in [0.25, 0.3) is 98.6 Å². The number of rotatable bonds is 4. The normalized spacial score (nSPS) is 11.8. The van der Waals surface area contributed by atoms with Crippen LogP contribution >= 0.6 is 0 Å². The summed E-state index contributed by atoms with van der Waals surface area (Å²) in [7, 11) is 0. The molecule has 0 saturated carbocycles. The Labute approximate surface area is 277 Å². The minimum atomic E-state index is 0.992. The van der Waals surface area contributed by atoms with Crippen molar-refractivity contribution in [2.24, 2.45) is 0 Å². The van der Waals surface area contributed by atoms with Crippen molar-refractivity contribution in [1.82, 2.24) is 15.0 Å². The molecule has 0 atom stereocenters. The molecule has 48 heavy (non-hydrogen) atoms. The highest BCUT2D eigenvalue weighted by Gasteiger charge is 2.21. The molecule has 0 fully saturated rings. The molecule has 7 aromatic carbocycles. The van der Waals surface area contributed by atoms with Crippen LogP contribution < -0.4 is 0 Å². The molecule has 0 N–H and O–H groups in total. The van der Waals surface area contributed by atoms with Gasteiger partial charge in [-0.05, 0) is 103 Å². The lowest BCUT2D eigenvalue weighted by atomic mass is 9.82. The summed E-state index contributed by atoms with van der Waals surface area (Å²) in [4.78, 5) is 14.3. The van der Waals surface area contributed by atoms with E-state index in [2.05, 4.69) is 126 Å². The van der Waals surface area contributed by atoms with Gasteiger partial charge in [0.05, 0.1) is 11.0 Å². The van der Waals surface area contributed by atoms with Gasteiger partial charge in [0.15, 0.2) is 0 Å². The van der Waals surface area contributed by atoms with E-state index in [1.54, 1.807) is 0 Å². The van der Waals surface area contributed by atoms with E-state index in [-0.39, 0.29) is 0 Å². The van der Waals surface area contributed by atoms with E-state index < -0.39 is 0 Å². The zero-order chi connectivity index (χ0) is 31.6. The Morgan fingerprint density at radius 3 is 1.31 bits per heavy atom. The average Bonchev–Trinajstić information content (AvgIpc) is 3.16. The minimum absolute atomic E-state index is 0.992. The molecule has 0 amide bonds. The fourth-order valence-corrected chi connectivity index (χ4v) is 7.52. The zero-order valence-electron chi connectivity index (χ0n) is 25.9. The molecule has 0 unspecified atom stereocenters. The predicted octanol–water partition coefficient (Wildman–Crippen LogP) is 11.7. The summed E-state index contributed by atoms with van der Waals surface area (Å²) in [6.45, 7) is 0. The second-order valence-electron chi connectivity index (χ2n) is 12.5. The largest absolute Gasteiger partial charge is 0.264 e. The van der Waals surface area contributed by atoms with Gasteiger partial charge in [0.2, 0.25) is 0 Å². The maximum atomic E-state index is 4.90. The number of benzene rings is 7. The first-order valence-corrected chi connectivity index (χ1v) is 16.2. The van der Waals surface area contributed by atoms with Crippen LogP contribution in [0.15, 0.2) is 164 Å². The van der Waals surface area contributed by atoms with Crippen molar-refractivity contribution in [2.45, 2.75) is 0 Å². The van der Waals surface area contributed by atoms with Gasteiger partial charge in [-0.1, -0.05) is 97.1 Å². The standard InChI is InChI=1S/C45H27N3/c1-2-9-28(10-3-1)38-23-39(31-13-8-20-46-25-31)35-17-19-37-41(33-22-30-12-5-7-15-43(30)48-27-33)24-40(36-18-16-34(38)44(35)45(36)37)32-21-29-11-4-6-14-42(29)47-26-32/h1-27H. The van der Waals surface area contributed by atoms with Gasteiger partial charge in [0, 0.05) is 52.3 Å². The van der Waals surface area contributed by atoms with Gasteiger partial charge >= 0.3 is 0 Å². The molecule has 3 nitrogen and oxygen atoms in total. The van der Waals surface area contributed by atoms with Gasteiger partial charge < -0.3 is 0 Å². The van der Waals surface area contributed by atoms with E-state index >= 15 is 0 Å². The molecule has 3 heterocycles. The van der Waals surface area contributed by atoms with Crippen molar-refractivity contribution < 1.29 is 0 Å². The third kappa shape index (κ3) is 4.11. The van der Waals surface area contributed by atoms with Crippen molar-refractivity contribution in [3.05, 3.63) is 164 Å². The molecule has 0 aliphatic heterocycles. The van der Waals surface area contributed by atoms with Crippen LogP contribution in [0, 0.1) is 0 Å². The lowest BCUT2D eigenvalue weighted by molar-refractivity contribution is 1.33. The highest BCUT2D eigenvalue weighted by molar-refractivity contribution is 6.32. The number of nitrogens with zero attached hydrogens (tertiary/aromatic N) is 3. The Morgan fingerprint density at radius 2 is 0.792 bits per heavy atom. The molecule has 3 aromatic heterocycles. The summed E-state index contributed by atoms with van der Waals surface area (Å²) in [6, 6.07) is 50.0. The van der Waals surface area contributed by atoms with Crippen molar-refractivity contribution in [2.75, 3.05) is 0 Å². The van der Waals surface area contributed by atoms with Gasteiger partial charge in [0.1, 0.15) is 0 Å². The molecule has 0 radical (unpaired) electrons. The molecular weight excluding hydrogens is 583 g/mol. The molecule has 3 heteroatoms. The maximum Gasteiger partial charge on any atom is 0.0702 e. The van der Waals surface area contributed by atoms with E-state index in [0.29, 0.717) is 0 Å². The van der Waals surface area contributed by atoms with Crippen LogP contribution in [-0.2, 0) is 0 Å². The van der Waals surface area contributed by atoms with E-state index in [1.807, 2.05) is 43.0 Å². The summed E-state index contributed by atoms with van der Waals surface area (Å²) in [5, 5.41) is 9.63. The van der Waals surface area contributed by atoms with Crippen molar-refractivity contribution >= 4 is 54.1 Å². The number of pyridine rings is 3. The maximum absolute atomic E-state index is 4.90. The molecule has 0 bridgehead atoms. The SMILES string of the molecule is c1ccc(-c2cc(-c3cccnc3)c3ccc4c(-c5cnc6ccccc6c5)cc(-c5cnc6ccccc6c5)c5ccc2c3c54)cc1. The van der Waals surface area contributed by atoms with Crippen LogP contribution in [0.2, 0.25) is 0 Å². The topological polar surface area (TPSA) is 38.7 Å². The third-order valence-corrected chi connectivity index (χ3v) is 9.76. The third-order valence-electron chi connectivity index (χ3n) is 9.76. The minimum Gasteiger partial charge on any atom is -0.264 e. The van der Waals surface area contributed by atoms with Crippen LogP contribution in [0.1, 0.15) is 0 Å². The van der Waals surface area contributed by atoms with E-state index in [9.17, 15) is 0 Å². The molecule has 10 aromatic rings. The molecule has 0 aliphatic carbocycles. The predicted molar refractivity (Wildman–Crippen MR) is 200 cm³/mol. The Morgan fingerprint density at radius 1 is 0.333 bits per heavy atom. The molecule has 0 spiro atoms. The van der Waals surface area contributed by atoms with Crippen molar-refractivity contribution in [3.63, 3.8) is 0 Å². The molecular formula is C45H27N3. The van der Waals surface area contributed by atoms with Crippen molar-refractivity contribution in [1.29, 1.82) is 0 Å². The van der Waals surface area contributed by atoms with E-state index in [4.69, 9.17) is 9.97 Å². The zero-order valence-corrected chi connectivity index (χ0v) is 25.9. The quantitative estimate of drug-likeness (QED) is 0.186. The Bertz CT molecular complexity index is 2640. The lowest BCUT2D eigenvalue weighted by Crippen LogP contribution is -1.95. The second kappa shape index (κ2) is 10.5. The summed E-state index contributed by atoms with van der Waals surface area (Å²) >= 11 is 0. The highest BCUT2D eigenvalue weighted by atomic mass is 14.7. The number of hydrogen-bond donors (Lipinski definition) is 0. The summed E-state index contributed by atoms with van der Waals surface area (Å²) in [5.41, 5.74) is 11.2. The Hall–Kier alpha value is -6.45. The number of aromatic nitrogens is 3. The number of hydrogen-bond acceptors (Lipinski definition) is 3. The van der Waals surface area contributed by atoms with Crippen molar-refractivity contribution in [3.8, 4) is 44.5 Å². The summed E-state index contributed by atoms with van der Waals surface area (Å²) < 4.78 is 0. The van der Waals surface area contributed by atoms with Crippen LogP contribution in [0.5, 0.6) is 0 Å². The fourth-order valence-electron chi connectivity index (χ4n) is 7.52. The Kier molecular flexibility index (Phi) is 5.87. The lowest BCUT2D eigenvalue weighted by Gasteiger charge is -2.21. The molecule has 222 valence electrons. The molecule has 0 aliphatic rings. The number of fused-ring (bicyclic) bond motifs is 2. The first-order chi connectivity index (χ1) is 23.8. The van der Waals surface area contributed by atoms with Gasteiger partial charge in [0.25, 0.3) is 0 Å². The first kappa shape index (κ1) is 26.7. The monoisotopic (exact) mass is 609 g/mol. The molecule has 0 saturated heterocycles. The van der Waals surface area contributed by atoms with Crippen LogP contribution in [-0.4, -0.2) is 15.0 Å². The smallest absolute Gasteiger partial charge is 0.0702 e. The van der Waals surface area contributed by atoms with Crippen LogP contribution in [0.3, 0.4) is 0 Å². The van der Waals surface area contributed by atoms with Gasteiger partial charge in [-0.15, -0.1) is 0 Å². The molecule has 10 rings (SSSR count). The van der Waals surface area contributed by atoms with E-state index in [0.717, 1.165) is 49.6 Å². The van der Waals surface area contributed by atoms with E-state index in [1.165, 1.54) is 49.0 Å². The summed E-state index contributed by atoms with van der Waals surface area (Å²) in [5.74, 6) is 0. The first-order valence-electron chi connectivity index (χ1n) is 16.2. The van der Waals surface area contributed by atoms with Gasteiger partial charge in [-0.2, -0.15) is 0 Å². The van der Waals surface area contributed by atoms with Gasteiger partial charge in [-0.3, -0.25) is 15.0 Å². The Balaban J connectivity index is 1.38. The van der Waals surface area contributed by atoms with Crippen LogP contribution in [0.4, 0.5) is 0 Å². The highest BCUT2D eigenvalue weighted by Crippen LogP contribution is 2.48. The summed E-state index contributed by atoms with van der Waals surface area (Å²) in [6.07, 6.45) is 7.85. The second-order valence-corrected chi connectivity index (χ2v) is 12.5. The number of para-hydroxylation sites is 2.